The zero-order valence-corrected chi connectivity index (χ0v) is 16.1. The first-order valence-electron chi connectivity index (χ1n) is 8.99. The summed E-state index contributed by atoms with van der Waals surface area (Å²) in [7, 11) is 1.80. The number of hydrogen-bond donors (Lipinski definition) is 3. The number of hydrogen-bond acceptors (Lipinski definition) is 4. The van der Waals surface area contributed by atoms with Gasteiger partial charge in [0, 0.05) is 43.8 Å². The van der Waals surface area contributed by atoms with E-state index in [-0.39, 0.29) is 17.6 Å². The normalized spacial score (nSPS) is 15.3. The molecule has 0 fully saturated rings. The molecule has 1 atom stereocenters. The van der Waals surface area contributed by atoms with E-state index in [1.807, 2.05) is 18.2 Å². The van der Waals surface area contributed by atoms with Gasteiger partial charge in [-0.25, -0.2) is 9.59 Å². The number of alkyl halides is 3. The Balaban J connectivity index is 0.000000396. The van der Waals surface area contributed by atoms with Gasteiger partial charge in [0.15, 0.2) is 0 Å². The fraction of sp³-hybridized carbons (Fsp3) is 0.368. The number of aromatic nitrogens is 2. The molecule has 1 unspecified atom stereocenters. The molecule has 2 aromatic heterocycles. The van der Waals surface area contributed by atoms with Gasteiger partial charge in [-0.2, -0.15) is 13.2 Å². The molecular formula is C19H21F3N4O4. The Morgan fingerprint density at radius 2 is 2.00 bits per heavy atom. The largest absolute Gasteiger partial charge is 0.490 e. The zero-order chi connectivity index (χ0) is 22.3. The molecule has 2 aromatic rings. The van der Waals surface area contributed by atoms with Gasteiger partial charge in [0.25, 0.3) is 0 Å². The molecule has 8 nitrogen and oxygen atoms in total. The lowest BCUT2D eigenvalue weighted by molar-refractivity contribution is -0.192. The van der Waals surface area contributed by atoms with Crippen molar-refractivity contribution < 1.29 is 27.9 Å². The van der Waals surface area contributed by atoms with Gasteiger partial charge >= 0.3 is 18.2 Å². The number of carboxylic acids is 1. The minimum atomic E-state index is -5.08. The second-order valence-corrected chi connectivity index (χ2v) is 6.63. The van der Waals surface area contributed by atoms with Crippen molar-refractivity contribution in [1.29, 1.82) is 0 Å². The third-order valence-corrected chi connectivity index (χ3v) is 4.48. The van der Waals surface area contributed by atoms with Gasteiger partial charge in [0.2, 0.25) is 5.56 Å². The zero-order valence-electron chi connectivity index (χ0n) is 16.1. The fourth-order valence-electron chi connectivity index (χ4n) is 2.97. The molecule has 0 bridgehead atoms. The third-order valence-electron chi connectivity index (χ3n) is 4.48. The van der Waals surface area contributed by atoms with Crippen molar-refractivity contribution in [3.8, 4) is 0 Å². The predicted molar refractivity (Wildman–Crippen MR) is 101 cm³/mol. The number of halogens is 3. The fourth-order valence-corrected chi connectivity index (χ4v) is 2.97. The van der Waals surface area contributed by atoms with Crippen molar-refractivity contribution in [3.05, 3.63) is 63.8 Å². The highest BCUT2D eigenvalue weighted by Gasteiger charge is 2.38. The molecule has 1 aliphatic rings. The van der Waals surface area contributed by atoms with E-state index < -0.39 is 12.1 Å². The van der Waals surface area contributed by atoms with Gasteiger partial charge < -0.3 is 20.3 Å². The van der Waals surface area contributed by atoms with Crippen LogP contribution in [0.4, 0.5) is 18.0 Å². The second-order valence-electron chi connectivity index (χ2n) is 6.63. The van der Waals surface area contributed by atoms with Crippen molar-refractivity contribution in [2.75, 3.05) is 0 Å². The van der Waals surface area contributed by atoms with Crippen LogP contribution >= 0.6 is 0 Å². The molecule has 2 heterocycles. The standard InChI is InChI=1S/C17H20N4O2.C2HF3O2/c1-21-15-6-5-14(9-13(15)4-7-16(21)22)20-17(23)19-11-12-3-2-8-18-10-12;3-2(4,5)1(6)7/h2-4,7-8,10,14H,5-6,9,11H2,1H3,(H2,19,20,23);(H,6,7). The maximum absolute atomic E-state index is 12.0. The number of rotatable bonds is 3. The first kappa shape index (κ1) is 22.9. The first-order chi connectivity index (χ1) is 14.1. The van der Waals surface area contributed by atoms with Crippen LogP contribution in [-0.4, -0.2) is 38.9 Å². The molecule has 0 radical (unpaired) electrons. The highest BCUT2D eigenvalue weighted by atomic mass is 19.4. The SMILES string of the molecule is Cn1c2c(ccc1=O)CC(NC(=O)NCc1cccnc1)CC2.O=C(O)C(F)(F)F. The Morgan fingerprint density at radius 1 is 1.30 bits per heavy atom. The van der Waals surface area contributed by atoms with Crippen LogP contribution in [0.1, 0.15) is 23.2 Å². The van der Waals surface area contributed by atoms with Gasteiger partial charge in [-0.15, -0.1) is 0 Å². The molecule has 30 heavy (non-hydrogen) atoms. The number of urea groups is 1. The summed E-state index contributed by atoms with van der Waals surface area (Å²) in [6, 6.07) is 7.14. The van der Waals surface area contributed by atoms with Crippen LogP contribution in [0.5, 0.6) is 0 Å². The molecule has 2 amide bonds. The Hall–Kier alpha value is -3.37. The Morgan fingerprint density at radius 3 is 2.60 bits per heavy atom. The summed E-state index contributed by atoms with van der Waals surface area (Å²) in [6.07, 6.45) is 0.748. The molecular weight excluding hydrogens is 405 g/mol. The van der Waals surface area contributed by atoms with E-state index in [4.69, 9.17) is 9.90 Å². The number of carboxylic acid groups (broad SMARTS) is 1. The summed E-state index contributed by atoms with van der Waals surface area (Å²) in [5, 5.41) is 13.0. The maximum atomic E-state index is 12.0. The van der Waals surface area contributed by atoms with E-state index in [1.54, 1.807) is 30.1 Å². The van der Waals surface area contributed by atoms with Crippen LogP contribution in [0.15, 0.2) is 41.5 Å². The lowest BCUT2D eigenvalue weighted by atomic mass is 9.91. The van der Waals surface area contributed by atoms with E-state index in [2.05, 4.69) is 15.6 Å². The molecule has 162 valence electrons. The summed E-state index contributed by atoms with van der Waals surface area (Å²) < 4.78 is 33.4. The Kier molecular flexibility index (Phi) is 7.56. The smallest absolute Gasteiger partial charge is 0.475 e. The quantitative estimate of drug-likeness (QED) is 0.692. The number of fused-ring (bicyclic) bond motifs is 1. The molecule has 11 heteroatoms. The summed E-state index contributed by atoms with van der Waals surface area (Å²) in [6.45, 7) is 0.456. The van der Waals surface area contributed by atoms with E-state index >= 15 is 0 Å². The molecule has 0 aromatic carbocycles. The van der Waals surface area contributed by atoms with Gasteiger partial charge in [-0.3, -0.25) is 9.78 Å². The van der Waals surface area contributed by atoms with E-state index in [1.165, 1.54) is 0 Å². The van der Waals surface area contributed by atoms with Gasteiger partial charge in [0.05, 0.1) is 0 Å². The van der Waals surface area contributed by atoms with Crippen molar-refractivity contribution >= 4 is 12.0 Å². The molecule has 3 rings (SSSR count). The van der Waals surface area contributed by atoms with Crippen molar-refractivity contribution in [3.63, 3.8) is 0 Å². The summed E-state index contributed by atoms with van der Waals surface area (Å²) in [5.74, 6) is -2.76. The van der Waals surface area contributed by atoms with Crippen molar-refractivity contribution in [1.82, 2.24) is 20.2 Å². The third kappa shape index (κ3) is 6.61. The number of nitrogens with zero attached hydrogens (tertiary/aromatic N) is 2. The monoisotopic (exact) mass is 426 g/mol. The van der Waals surface area contributed by atoms with Gasteiger partial charge in [-0.1, -0.05) is 12.1 Å². The second kappa shape index (κ2) is 9.90. The molecule has 3 N–H and O–H groups in total. The van der Waals surface area contributed by atoms with Crippen LogP contribution in [-0.2, 0) is 31.2 Å². The number of pyridine rings is 2. The van der Waals surface area contributed by atoms with E-state index in [9.17, 15) is 22.8 Å². The molecule has 0 spiro atoms. The van der Waals surface area contributed by atoms with Crippen molar-refractivity contribution in [2.24, 2.45) is 7.05 Å². The van der Waals surface area contributed by atoms with E-state index in [0.717, 1.165) is 36.1 Å². The highest BCUT2D eigenvalue weighted by Crippen LogP contribution is 2.19. The van der Waals surface area contributed by atoms with Crippen LogP contribution in [0.2, 0.25) is 0 Å². The average Bonchev–Trinajstić information content (AvgIpc) is 2.70. The van der Waals surface area contributed by atoms with Crippen LogP contribution < -0.4 is 16.2 Å². The summed E-state index contributed by atoms with van der Waals surface area (Å²) in [4.78, 5) is 36.6. The number of carbonyl (C=O) groups excluding carboxylic acids is 1. The molecule has 0 aliphatic heterocycles. The highest BCUT2D eigenvalue weighted by molar-refractivity contribution is 5.74. The van der Waals surface area contributed by atoms with Crippen LogP contribution in [0.3, 0.4) is 0 Å². The topological polar surface area (TPSA) is 113 Å². The van der Waals surface area contributed by atoms with Gasteiger partial charge in [0.1, 0.15) is 0 Å². The minimum absolute atomic E-state index is 0.0179. The van der Waals surface area contributed by atoms with Crippen LogP contribution in [0, 0.1) is 0 Å². The number of carbonyl (C=O) groups is 2. The predicted octanol–water partition coefficient (Wildman–Crippen LogP) is 1.77. The summed E-state index contributed by atoms with van der Waals surface area (Å²) in [5.41, 5.74) is 3.19. The summed E-state index contributed by atoms with van der Waals surface area (Å²) >= 11 is 0. The minimum Gasteiger partial charge on any atom is -0.475 e. The maximum Gasteiger partial charge on any atom is 0.490 e. The lowest BCUT2D eigenvalue weighted by Crippen LogP contribution is -2.45. The van der Waals surface area contributed by atoms with Crippen LogP contribution in [0.25, 0.3) is 0 Å². The molecule has 0 saturated carbocycles. The lowest BCUT2D eigenvalue weighted by Gasteiger charge is -2.26. The average molecular weight is 426 g/mol. The molecule has 1 aliphatic carbocycles. The number of aliphatic carboxylic acids is 1. The number of nitrogens with one attached hydrogen (secondary N) is 2. The Labute approximate surface area is 169 Å². The number of amides is 2. The van der Waals surface area contributed by atoms with Crippen molar-refractivity contribution in [2.45, 2.75) is 38.0 Å². The molecule has 0 saturated heterocycles. The van der Waals surface area contributed by atoms with E-state index in [0.29, 0.717) is 6.54 Å². The first-order valence-corrected chi connectivity index (χ1v) is 8.99. The Bertz CT molecular complexity index is 945. The van der Waals surface area contributed by atoms with Gasteiger partial charge in [-0.05, 0) is 36.5 Å².